The Morgan fingerprint density at radius 1 is 1.28 bits per heavy atom. The second kappa shape index (κ2) is 4.73. The maximum atomic E-state index is 11.2. The molecule has 3 N–H and O–H groups in total. The third-order valence-electron chi connectivity index (χ3n) is 3.90. The first kappa shape index (κ1) is 14.7. The second-order valence-corrected chi connectivity index (χ2v) is 5.94. The number of hydrogen-bond donors (Lipinski definition) is 2. The van der Waals surface area contributed by atoms with E-state index in [1.807, 2.05) is 46.8 Å². The summed E-state index contributed by atoms with van der Waals surface area (Å²) in [5.74, 6) is -0.823. The van der Waals surface area contributed by atoms with Gasteiger partial charge in [0, 0.05) is 11.0 Å². The predicted molar refractivity (Wildman–Crippen MR) is 73.8 cm³/mol. The van der Waals surface area contributed by atoms with E-state index in [1.54, 1.807) is 0 Å². The fourth-order valence-electron chi connectivity index (χ4n) is 2.41. The van der Waals surface area contributed by atoms with E-state index >= 15 is 0 Å². The van der Waals surface area contributed by atoms with Gasteiger partial charge in [0.15, 0.2) is 0 Å². The van der Waals surface area contributed by atoms with Gasteiger partial charge in [0.2, 0.25) is 0 Å². The Bertz CT molecular complexity index is 460. The van der Waals surface area contributed by atoms with Gasteiger partial charge in [0.05, 0.1) is 6.42 Å². The van der Waals surface area contributed by atoms with Gasteiger partial charge in [-0.05, 0) is 38.8 Å². The molecule has 18 heavy (non-hydrogen) atoms. The fraction of sp³-hybridized carbons (Fsp3) is 0.533. The van der Waals surface area contributed by atoms with E-state index in [-0.39, 0.29) is 6.42 Å². The highest BCUT2D eigenvalue weighted by Gasteiger charge is 2.42. The van der Waals surface area contributed by atoms with E-state index in [1.165, 1.54) is 5.56 Å². The largest absolute Gasteiger partial charge is 0.481 e. The lowest BCUT2D eigenvalue weighted by Gasteiger charge is -2.42. The molecule has 0 fully saturated rings. The van der Waals surface area contributed by atoms with Gasteiger partial charge >= 0.3 is 5.97 Å². The van der Waals surface area contributed by atoms with Crippen LogP contribution in [0.15, 0.2) is 18.2 Å². The first-order valence-corrected chi connectivity index (χ1v) is 6.16. The molecule has 0 aliphatic heterocycles. The Morgan fingerprint density at radius 2 is 1.83 bits per heavy atom. The molecular formula is C15H23NO2. The molecule has 0 aromatic heterocycles. The summed E-state index contributed by atoms with van der Waals surface area (Å²) in [5, 5.41) is 9.16. The molecule has 3 nitrogen and oxygen atoms in total. The van der Waals surface area contributed by atoms with E-state index in [2.05, 4.69) is 6.07 Å². The van der Waals surface area contributed by atoms with Crippen LogP contribution in [0.25, 0.3) is 0 Å². The lowest BCUT2D eigenvalue weighted by Crippen LogP contribution is -2.53. The van der Waals surface area contributed by atoms with Crippen molar-refractivity contribution in [3.8, 4) is 0 Å². The number of carboxylic acids is 1. The van der Waals surface area contributed by atoms with Crippen LogP contribution in [-0.2, 0) is 10.2 Å². The third-order valence-corrected chi connectivity index (χ3v) is 3.90. The zero-order valence-corrected chi connectivity index (χ0v) is 11.9. The summed E-state index contributed by atoms with van der Waals surface area (Å²) in [4.78, 5) is 11.2. The van der Waals surface area contributed by atoms with Crippen molar-refractivity contribution in [1.29, 1.82) is 0 Å². The van der Waals surface area contributed by atoms with Crippen molar-refractivity contribution in [1.82, 2.24) is 0 Å². The maximum Gasteiger partial charge on any atom is 0.304 e. The summed E-state index contributed by atoms with van der Waals surface area (Å²) >= 11 is 0. The van der Waals surface area contributed by atoms with Gasteiger partial charge < -0.3 is 10.8 Å². The quantitative estimate of drug-likeness (QED) is 0.862. The van der Waals surface area contributed by atoms with Gasteiger partial charge in [-0.25, -0.2) is 0 Å². The minimum atomic E-state index is -0.823. The molecule has 1 atom stereocenters. The Hall–Kier alpha value is -1.35. The van der Waals surface area contributed by atoms with Crippen molar-refractivity contribution in [3.63, 3.8) is 0 Å². The lowest BCUT2D eigenvalue weighted by molar-refractivity contribution is -0.139. The van der Waals surface area contributed by atoms with Crippen LogP contribution < -0.4 is 5.73 Å². The molecule has 1 rings (SSSR count). The van der Waals surface area contributed by atoms with Crippen LogP contribution in [0, 0.1) is 13.8 Å². The van der Waals surface area contributed by atoms with E-state index in [0.717, 1.165) is 11.1 Å². The summed E-state index contributed by atoms with van der Waals surface area (Å²) in [6, 6.07) is 6.08. The number of hydrogen-bond acceptors (Lipinski definition) is 2. The highest BCUT2D eigenvalue weighted by molar-refractivity contribution is 5.69. The van der Waals surface area contributed by atoms with Crippen LogP contribution in [0.4, 0.5) is 0 Å². The van der Waals surface area contributed by atoms with Crippen LogP contribution in [0.3, 0.4) is 0 Å². The number of carbonyl (C=O) groups is 1. The Balaban J connectivity index is 3.39. The molecule has 0 amide bonds. The Labute approximate surface area is 109 Å². The van der Waals surface area contributed by atoms with Crippen molar-refractivity contribution in [2.75, 3.05) is 0 Å². The molecule has 0 saturated carbocycles. The minimum Gasteiger partial charge on any atom is -0.481 e. The van der Waals surface area contributed by atoms with Crippen molar-refractivity contribution in [3.05, 3.63) is 34.9 Å². The molecule has 1 aromatic rings. The topological polar surface area (TPSA) is 63.3 Å². The number of rotatable bonds is 4. The molecule has 3 heteroatoms. The zero-order chi connectivity index (χ0) is 14.1. The molecule has 0 saturated heterocycles. The highest BCUT2D eigenvalue weighted by Crippen LogP contribution is 2.38. The molecule has 0 spiro atoms. The molecule has 0 bridgehead atoms. The smallest absolute Gasteiger partial charge is 0.304 e. The maximum absolute atomic E-state index is 11.2. The standard InChI is InChI=1S/C15H23NO2/c1-10-6-7-12(11(2)8-10)15(5,9-13(17)18)14(3,4)16/h6-8H,9,16H2,1-5H3,(H,17,18). The van der Waals surface area contributed by atoms with E-state index in [0.29, 0.717) is 0 Å². The Kier molecular flexibility index (Phi) is 3.86. The third kappa shape index (κ3) is 2.72. The molecule has 0 radical (unpaired) electrons. The van der Waals surface area contributed by atoms with E-state index in [9.17, 15) is 4.79 Å². The zero-order valence-electron chi connectivity index (χ0n) is 11.9. The summed E-state index contributed by atoms with van der Waals surface area (Å²) in [6.45, 7) is 9.73. The van der Waals surface area contributed by atoms with Crippen molar-refractivity contribution in [2.24, 2.45) is 5.73 Å². The lowest BCUT2D eigenvalue weighted by atomic mass is 9.65. The average Bonchev–Trinajstić information content (AvgIpc) is 2.13. The van der Waals surface area contributed by atoms with Crippen LogP contribution in [0.5, 0.6) is 0 Å². The first-order chi connectivity index (χ1) is 8.08. The minimum absolute atomic E-state index is 0.0282. The van der Waals surface area contributed by atoms with E-state index < -0.39 is 16.9 Å². The number of aryl methyl sites for hydroxylation is 2. The fourth-order valence-corrected chi connectivity index (χ4v) is 2.41. The van der Waals surface area contributed by atoms with Gasteiger partial charge in [-0.15, -0.1) is 0 Å². The van der Waals surface area contributed by atoms with Crippen molar-refractivity contribution < 1.29 is 9.90 Å². The Morgan fingerprint density at radius 3 is 2.22 bits per heavy atom. The van der Waals surface area contributed by atoms with Crippen molar-refractivity contribution in [2.45, 2.75) is 52.0 Å². The molecular weight excluding hydrogens is 226 g/mol. The van der Waals surface area contributed by atoms with Gasteiger partial charge in [0.25, 0.3) is 0 Å². The number of benzene rings is 1. The first-order valence-electron chi connectivity index (χ1n) is 6.16. The van der Waals surface area contributed by atoms with Gasteiger partial charge in [-0.3, -0.25) is 4.79 Å². The summed E-state index contributed by atoms with van der Waals surface area (Å²) in [6.07, 6.45) is 0.0282. The van der Waals surface area contributed by atoms with Gasteiger partial charge in [-0.1, -0.05) is 30.7 Å². The summed E-state index contributed by atoms with van der Waals surface area (Å²) < 4.78 is 0. The predicted octanol–water partition coefficient (Wildman–Crippen LogP) is 2.77. The number of aliphatic carboxylic acids is 1. The van der Waals surface area contributed by atoms with Gasteiger partial charge in [0.1, 0.15) is 0 Å². The summed E-state index contributed by atoms with van der Waals surface area (Å²) in [7, 11) is 0. The molecule has 1 unspecified atom stereocenters. The van der Waals surface area contributed by atoms with Gasteiger partial charge in [-0.2, -0.15) is 0 Å². The molecule has 100 valence electrons. The molecule has 1 aromatic carbocycles. The molecule has 0 heterocycles. The monoisotopic (exact) mass is 249 g/mol. The number of nitrogens with two attached hydrogens (primary N) is 1. The van der Waals surface area contributed by atoms with Crippen LogP contribution in [-0.4, -0.2) is 16.6 Å². The molecule has 0 aliphatic carbocycles. The van der Waals surface area contributed by atoms with Crippen molar-refractivity contribution >= 4 is 5.97 Å². The molecule has 0 aliphatic rings. The number of carboxylic acid groups (broad SMARTS) is 1. The highest BCUT2D eigenvalue weighted by atomic mass is 16.4. The summed E-state index contributed by atoms with van der Waals surface area (Å²) in [5.41, 5.74) is 8.33. The van der Waals surface area contributed by atoms with Crippen LogP contribution in [0.2, 0.25) is 0 Å². The van der Waals surface area contributed by atoms with E-state index in [4.69, 9.17) is 10.8 Å². The van der Waals surface area contributed by atoms with Crippen LogP contribution >= 0.6 is 0 Å². The SMILES string of the molecule is Cc1ccc(C(C)(CC(=O)O)C(C)(C)N)c(C)c1. The normalized spacial score (nSPS) is 15.2. The average molecular weight is 249 g/mol. The van der Waals surface area contributed by atoms with Crippen LogP contribution in [0.1, 0.15) is 43.9 Å². The second-order valence-electron chi connectivity index (χ2n) is 5.94.